The molecule has 5 atom stereocenters. The molecule has 0 aromatic heterocycles. The van der Waals surface area contributed by atoms with Crippen molar-refractivity contribution in [1.82, 2.24) is 0 Å². The van der Waals surface area contributed by atoms with Gasteiger partial charge in [-0.3, -0.25) is 9.59 Å². The number of cyclic esters (lactones) is 1. The molecule has 0 amide bonds. The Kier molecular flexibility index (Phi) is 4.44. The Hall–Kier alpha value is -1.46. The van der Waals surface area contributed by atoms with Crippen LogP contribution in [0.25, 0.3) is 0 Å². The highest BCUT2D eigenvalue weighted by molar-refractivity contribution is 5.82. The van der Waals surface area contributed by atoms with E-state index in [1.807, 2.05) is 0 Å². The molecular formula is C20H28O5. The molecule has 2 N–H and O–H groups in total. The van der Waals surface area contributed by atoms with Gasteiger partial charge in [0.25, 0.3) is 0 Å². The molecule has 5 heteroatoms. The van der Waals surface area contributed by atoms with Gasteiger partial charge in [0.2, 0.25) is 0 Å². The number of hydrogen-bond donors (Lipinski definition) is 2. The maximum absolute atomic E-state index is 12.6. The second kappa shape index (κ2) is 6.06. The van der Waals surface area contributed by atoms with Crippen LogP contribution >= 0.6 is 0 Å². The summed E-state index contributed by atoms with van der Waals surface area (Å²) in [7, 11) is 0. The first-order valence-corrected chi connectivity index (χ1v) is 9.06. The molecule has 3 rings (SSSR count). The fourth-order valence-corrected chi connectivity index (χ4v) is 5.27. The van der Waals surface area contributed by atoms with Crippen LogP contribution in [0.1, 0.15) is 46.5 Å². The molecule has 2 saturated carbocycles. The molecule has 1 heterocycles. The predicted molar refractivity (Wildman–Crippen MR) is 92.5 cm³/mol. The summed E-state index contributed by atoms with van der Waals surface area (Å²) in [4.78, 5) is 24.3. The van der Waals surface area contributed by atoms with Gasteiger partial charge in [0.15, 0.2) is 0 Å². The molecule has 1 saturated heterocycles. The number of aldehydes is 1. The van der Waals surface area contributed by atoms with Gasteiger partial charge in [0.1, 0.15) is 6.29 Å². The van der Waals surface area contributed by atoms with Crippen LogP contribution in [0, 0.1) is 22.7 Å². The molecule has 0 radical (unpaired) electrons. The van der Waals surface area contributed by atoms with Crippen LogP contribution < -0.4 is 0 Å². The van der Waals surface area contributed by atoms with Crippen molar-refractivity contribution in [3.8, 4) is 0 Å². The van der Waals surface area contributed by atoms with Crippen molar-refractivity contribution < 1.29 is 24.5 Å². The molecule has 3 aliphatic rings. The smallest absolute Gasteiger partial charge is 0.310 e. The molecule has 2 aliphatic carbocycles. The summed E-state index contributed by atoms with van der Waals surface area (Å²) in [5, 5.41) is 20.3. The van der Waals surface area contributed by atoms with E-state index in [2.05, 4.69) is 6.92 Å². The number of esters is 1. The highest BCUT2D eigenvalue weighted by atomic mass is 16.5. The molecule has 0 aromatic rings. The van der Waals surface area contributed by atoms with E-state index in [1.54, 1.807) is 32.1 Å². The number of aliphatic hydroxyl groups is 2. The lowest BCUT2D eigenvalue weighted by atomic mass is 9.50. The standard InChI is InChI=1S/C20H28O5/c1-18(2,24)8-4-5-13(11-21)14-6-9-19(3)15(22)7-10-20(19)12-25-17(23)16(14)20/h4-5,8,11,14-16,22,24H,6-7,9-10,12H2,1-3H3. The molecule has 5 nitrogen and oxygen atoms in total. The maximum atomic E-state index is 12.6. The van der Waals surface area contributed by atoms with Crippen molar-refractivity contribution >= 4 is 12.3 Å². The molecule has 1 aliphatic heterocycles. The average Bonchev–Trinajstić information content (AvgIpc) is 3.01. The third-order valence-electron chi connectivity index (χ3n) is 6.79. The first kappa shape index (κ1) is 18.3. The van der Waals surface area contributed by atoms with Crippen molar-refractivity contribution in [1.29, 1.82) is 0 Å². The molecule has 3 fully saturated rings. The summed E-state index contributed by atoms with van der Waals surface area (Å²) in [6.07, 6.45) is 8.25. The van der Waals surface area contributed by atoms with Crippen LogP contribution in [0.3, 0.4) is 0 Å². The summed E-state index contributed by atoms with van der Waals surface area (Å²) in [6, 6.07) is 0. The third kappa shape index (κ3) is 2.77. The second-order valence-corrected chi connectivity index (χ2v) is 8.66. The topological polar surface area (TPSA) is 83.8 Å². The lowest BCUT2D eigenvalue weighted by Crippen LogP contribution is -2.52. The number of hydrogen-bond acceptors (Lipinski definition) is 5. The van der Waals surface area contributed by atoms with Gasteiger partial charge in [0.05, 0.1) is 24.2 Å². The zero-order valence-corrected chi connectivity index (χ0v) is 15.2. The Morgan fingerprint density at radius 3 is 2.68 bits per heavy atom. The Morgan fingerprint density at radius 2 is 2.04 bits per heavy atom. The van der Waals surface area contributed by atoms with Gasteiger partial charge in [0, 0.05) is 16.7 Å². The van der Waals surface area contributed by atoms with Gasteiger partial charge in [-0.25, -0.2) is 0 Å². The fourth-order valence-electron chi connectivity index (χ4n) is 5.27. The van der Waals surface area contributed by atoms with Crippen LogP contribution in [0.4, 0.5) is 0 Å². The zero-order valence-electron chi connectivity index (χ0n) is 15.2. The van der Waals surface area contributed by atoms with E-state index in [0.717, 1.165) is 19.1 Å². The molecular weight excluding hydrogens is 320 g/mol. The van der Waals surface area contributed by atoms with Crippen LogP contribution in [-0.2, 0) is 14.3 Å². The van der Waals surface area contributed by atoms with E-state index in [0.29, 0.717) is 25.0 Å². The summed E-state index contributed by atoms with van der Waals surface area (Å²) < 4.78 is 5.45. The Balaban J connectivity index is 1.96. The number of ether oxygens (including phenoxy) is 1. The minimum Gasteiger partial charge on any atom is -0.465 e. The minimum absolute atomic E-state index is 0.197. The van der Waals surface area contributed by atoms with Gasteiger partial charge in [-0.05, 0) is 45.1 Å². The van der Waals surface area contributed by atoms with E-state index in [1.165, 1.54) is 0 Å². The Labute approximate surface area is 148 Å². The van der Waals surface area contributed by atoms with Gasteiger partial charge in [-0.2, -0.15) is 0 Å². The number of allylic oxidation sites excluding steroid dienone is 3. The van der Waals surface area contributed by atoms with Crippen molar-refractivity contribution in [3.05, 3.63) is 23.8 Å². The molecule has 138 valence electrons. The zero-order chi connectivity index (χ0) is 18.5. The van der Waals surface area contributed by atoms with E-state index >= 15 is 0 Å². The molecule has 1 spiro atoms. The highest BCUT2D eigenvalue weighted by Crippen LogP contribution is 2.67. The van der Waals surface area contributed by atoms with E-state index in [-0.39, 0.29) is 28.6 Å². The van der Waals surface area contributed by atoms with Crippen molar-refractivity contribution in [2.45, 2.75) is 58.2 Å². The summed E-state index contributed by atoms with van der Waals surface area (Å²) in [6.45, 7) is 5.72. The first-order chi connectivity index (χ1) is 11.6. The monoisotopic (exact) mass is 348 g/mol. The maximum Gasteiger partial charge on any atom is 0.310 e. The minimum atomic E-state index is -0.960. The van der Waals surface area contributed by atoms with E-state index in [9.17, 15) is 19.8 Å². The Morgan fingerprint density at radius 1 is 1.32 bits per heavy atom. The lowest BCUT2D eigenvalue weighted by molar-refractivity contribution is -0.144. The van der Waals surface area contributed by atoms with Crippen molar-refractivity contribution in [2.75, 3.05) is 6.61 Å². The quantitative estimate of drug-likeness (QED) is 0.352. The molecule has 5 unspecified atom stereocenters. The summed E-state index contributed by atoms with van der Waals surface area (Å²) >= 11 is 0. The third-order valence-corrected chi connectivity index (χ3v) is 6.79. The SMILES string of the molecule is CC(C)(O)C=CC=C(C=O)C1CCC2(C)C(O)CCC23COC(=O)C13. The van der Waals surface area contributed by atoms with E-state index in [4.69, 9.17) is 4.74 Å². The van der Waals surface area contributed by atoms with Gasteiger partial charge >= 0.3 is 5.97 Å². The lowest BCUT2D eigenvalue weighted by Gasteiger charge is -2.51. The van der Waals surface area contributed by atoms with Gasteiger partial charge in [-0.1, -0.05) is 25.2 Å². The Bertz CT molecular complexity index is 628. The highest BCUT2D eigenvalue weighted by Gasteiger charge is 2.69. The van der Waals surface area contributed by atoms with Gasteiger partial charge in [-0.15, -0.1) is 0 Å². The first-order valence-electron chi connectivity index (χ1n) is 9.06. The van der Waals surface area contributed by atoms with Crippen molar-refractivity contribution in [2.24, 2.45) is 22.7 Å². The average molecular weight is 348 g/mol. The molecule has 25 heavy (non-hydrogen) atoms. The normalized spacial score (nSPS) is 41.6. The number of aliphatic hydroxyl groups excluding tert-OH is 1. The number of rotatable bonds is 4. The van der Waals surface area contributed by atoms with Crippen LogP contribution in [0.15, 0.2) is 23.8 Å². The molecule has 0 aromatic carbocycles. The number of carbonyl (C=O) groups is 2. The van der Waals surface area contributed by atoms with Crippen molar-refractivity contribution in [3.63, 3.8) is 0 Å². The van der Waals surface area contributed by atoms with Crippen LogP contribution in [0.2, 0.25) is 0 Å². The summed E-state index contributed by atoms with van der Waals surface area (Å²) in [5.41, 5.74) is -1.11. The van der Waals surface area contributed by atoms with Gasteiger partial charge < -0.3 is 14.9 Å². The second-order valence-electron chi connectivity index (χ2n) is 8.66. The number of carbonyl (C=O) groups excluding carboxylic acids is 2. The summed E-state index contributed by atoms with van der Waals surface area (Å²) in [5.74, 6) is -0.822. The fraction of sp³-hybridized carbons (Fsp3) is 0.700. The van der Waals surface area contributed by atoms with Crippen LogP contribution in [0.5, 0.6) is 0 Å². The van der Waals surface area contributed by atoms with E-state index < -0.39 is 11.7 Å². The molecule has 0 bridgehead atoms. The predicted octanol–water partition coefficient (Wildman–Crippen LogP) is 2.17. The van der Waals surface area contributed by atoms with Crippen LogP contribution in [-0.4, -0.2) is 40.8 Å². The largest absolute Gasteiger partial charge is 0.465 e.